The number of nitrogens with one attached hydrogen (secondary N) is 1. The van der Waals surface area contributed by atoms with E-state index < -0.39 is 0 Å². The molecular weight excluding hydrogens is 310 g/mol. The molecule has 0 radical (unpaired) electrons. The first-order chi connectivity index (χ1) is 7.66. The van der Waals surface area contributed by atoms with E-state index in [0.717, 1.165) is 28.6 Å². The minimum absolute atomic E-state index is 0.502. The largest absolute Gasteiger partial charge is 0.381 e. The maximum Gasteiger partial charge on any atom is 0.107 e. The fraction of sp³-hybridized carbons (Fsp3) is 0.636. The van der Waals surface area contributed by atoms with Gasteiger partial charge in [0.1, 0.15) is 4.34 Å². The lowest BCUT2D eigenvalue weighted by Crippen LogP contribution is -2.33. The highest BCUT2D eigenvalue weighted by Crippen LogP contribution is 2.32. The molecule has 0 aromatic carbocycles. The third-order valence-corrected chi connectivity index (χ3v) is 5.44. The summed E-state index contributed by atoms with van der Waals surface area (Å²) in [6.07, 6.45) is 1.17. The van der Waals surface area contributed by atoms with E-state index in [2.05, 4.69) is 34.2 Å². The van der Waals surface area contributed by atoms with Crippen molar-refractivity contribution in [2.45, 2.75) is 25.9 Å². The highest BCUT2D eigenvalue weighted by Gasteiger charge is 2.21. The van der Waals surface area contributed by atoms with E-state index in [0.29, 0.717) is 12.0 Å². The van der Waals surface area contributed by atoms with Crippen molar-refractivity contribution in [2.75, 3.05) is 13.2 Å². The molecule has 0 bridgehead atoms. The molecule has 1 aliphatic rings. The third-order valence-electron chi connectivity index (χ3n) is 2.97. The summed E-state index contributed by atoms with van der Waals surface area (Å²) in [5.74, 6) is 0.652. The summed E-state index contributed by atoms with van der Waals surface area (Å²) < 4.78 is 7.21. The molecule has 2 rings (SSSR count). The summed E-state index contributed by atoms with van der Waals surface area (Å²) in [6.45, 7) is 4.91. The SMILES string of the molecule is CC(NCc1cc(Br)c(Cl)s1)C1CCOC1. The van der Waals surface area contributed by atoms with Crippen LogP contribution >= 0.6 is 38.9 Å². The average Bonchev–Trinajstić information content (AvgIpc) is 2.86. The second-order valence-electron chi connectivity index (χ2n) is 4.13. The minimum Gasteiger partial charge on any atom is -0.381 e. The average molecular weight is 325 g/mol. The van der Waals surface area contributed by atoms with Crippen LogP contribution in [0, 0.1) is 5.92 Å². The molecule has 2 heterocycles. The molecule has 2 unspecified atom stereocenters. The van der Waals surface area contributed by atoms with Crippen LogP contribution in [0.1, 0.15) is 18.2 Å². The fourth-order valence-electron chi connectivity index (χ4n) is 1.85. The summed E-state index contributed by atoms with van der Waals surface area (Å²) in [4.78, 5) is 1.27. The maximum atomic E-state index is 6.00. The van der Waals surface area contributed by atoms with E-state index in [1.165, 1.54) is 11.3 Å². The Kier molecular flexibility index (Phi) is 4.67. The van der Waals surface area contributed by atoms with E-state index in [1.54, 1.807) is 11.3 Å². The Morgan fingerprint density at radius 2 is 2.56 bits per heavy atom. The number of hydrogen-bond donors (Lipinski definition) is 1. The van der Waals surface area contributed by atoms with E-state index in [4.69, 9.17) is 16.3 Å². The third kappa shape index (κ3) is 3.20. The van der Waals surface area contributed by atoms with Crippen LogP contribution in [0.2, 0.25) is 4.34 Å². The number of ether oxygens (including phenoxy) is 1. The van der Waals surface area contributed by atoms with Gasteiger partial charge in [-0.1, -0.05) is 11.6 Å². The van der Waals surface area contributed by atoms with Gasteiger partial charge in [-0.3, -0.25) is 0 Å². The van der Waals surface area contributed by atoms with E-state index in [9.17, 15) is 0 Å². The standard InChI is InChI=1S/C11H15BrClNOS/c1-7(8-2-3-15-6-8)14-5-9-4-10(12)11(13)16-9/h4,7-8,14H,2-3,5-6H2,1H3. The molecule has 16 heavy (non-hydrogen) atoms. The van der Waals surface area contributed by atoms with Crippen LogP contribution in [-0.2, 0) is 11.3 Å². The van der Waals surface area contributed by atoms with Gasteiger partial charge in [-0.25, -0.2) is 0 Å². The molecule has 2 nitrogen and oxygen atoms in total. The van der Waals surface area contributed by atoms with Crippen molar-refractivity contribution in [1.82, 2.24) is 5.32 Å². The Morgan fingerprint density at radius 1 is 1.75 bits per heavy atom. The smallest absolute Gasteiger partial charge is 0.107 e. The van der Waals surface area contributed by atoms with Crippen molar-refractivity contribution in [3.05, 3.63) is 19.8 Å². The van der Waals surface area contributed by atoms with Crippen molar-refractivity contribution in [2.24, 2.45) is 5.92 Å². The molecule has 1 aliphatic heterocycles. The molecular formula is C11H15BrClNOS. The molecule has 1 fully saturated rings. The lowest BCUT2D eigenvalue weighted by molar-refractivity contribution is 0.178. The van der Waals surface area contributed by atoms with Crippen LogP contribution in [0.25, 0.3) is 0 Å². The van der Waals surface area contributed by atoms with Gasteiger partial charge in [0.25, 0.3) is 0 Å². The quantitative estimate of drug-likeness (QED) is 0.912. The molecule has 1 aromatic rings. The first-order valence-corrected chi connectivity index (χ1v) is 7.40. The second-order valence-corrected chi connectivity index (χ2v) is 6.72. The second kappa shape index (κ2) is 5.83. The monoisotopic (exact) mass is 323 g/mol. The van der Waals surface area contributed by atoms with Gasteiger partial charge in [0.05, 0.1) is 6.61 Å². The van der Waals surface area contributed by atoms with Crippen molar-refractivity contribution in [3.63, 3.8) is 0 Å². The van der Waals surface area contributed by atoms with Crippen molar-refractivity contribution in [3.8, 4) is 0 Å². The Hall–Kier alpha value is 0.390. The predicted octanol–water partition coefficient (Wildman–Crippen LogP) is 3.68. The summed E-state index contributed by atoms with van der Waals surface area (Å²) >= 11 is 11.0. The number of hydrogen-bond acceptors (Lipinski definition) is 3. The number of thiophene rings is 1. The summed E-state index contributed by atoms with van der Waals surface area (Å²) in [5, 5.41) is 3.53. The van der Waals surface area contributed by atoms with Gasteiger partial charge in [0.2, 0.25) is 0 Å². The number of halogens is 2. The molecule has 0 aliphatic carbocycles. The Labute approximate surface area is 113 Å². The molecule has 0 saturated carbocycles. The van der Waals surface area contributed by atoms with Crippen molar-refractivity contribution >= 4 is 38.9 Å². The van der Waals surface area contributed by atoms with Gasteiger partial charge in [-0.2, -0.15) is 0 Å². The highest BCUT2D eigenvalue weighted by molar-refractivity contribution is 9.10. The van der Waals surface area contributed by atoms with Gasteiger partial charge >= 0.3 is 0 Å². The van der Waals surface area contributed by atoms with Crippen LogP contribution in [0.4, 0.5) is 0 Å². The summed E-state index contributed by atoms with van der Waals surface area (Å²) in [7, 11) is 0. The van der Waals surface area contributed by atoms with Crippen molar-refractivity contribution < 1.29 is 4.74 Å². The topological polar surface area (TPSA) is 21.3 Å². The molecule has 2 atom stereocenters. The normalized spacial score (nSPS) is 22.6. The molecule has 1 aromatic heterocycles. The lowest BCUT2D eigenvalue weighted by atomic mass is 10.0. The fourth-order valence-corrected chi connectivity index (χ4v) is 3.60. The Balaban J connectivity index is 1.82. The van der Waals surface area contributed by atoms with Gasteiger partial charge in [0, 0.05) is 28.5 Å². The van der Waals surface area contributed by atoms with Gasteiger partial charge in [-0.15, -0.1) is 11.3 Å². The lowest BCUT2D eigenvalue weighted by Gasteiger charge is -2.18. The zero-order chi connectivity index (χ0) is 11.5. The summed E-state index contributed by atoms with van der Waals surface area (Å²) in [5.41, 5.74) is 0. The van der Waals surface area contributed by atoms with Gasteiger partial charge < -0.3 is 10.1 Å². The van der Waals surface area contributed by atoms with Crippen LogP contribution in [0.3, 0.4) is 0 Å². The molecule has 1 saturated heterocycles. The first kappa shape index (κ1) is 12.8. The maximum absolute atomic E-state index is 6.00. The van der Waals surface area contributed by atoms with Crippen LogP contribution in [-0.4, -0.2) is 19.3 Å². The van der Waals surface area contributed by atoms with Crippen LogP contribution < -0.4 is 5.32 Å². The Morgan fingerprint density at radius 3 is 3.12 bits per heavy atom. The zero-order valence-electron chi connectivity index (χ0n) is 9.13. The minimum atomic E-state index is 0.502. The zero-order valence-corrected chi connectivity index (χ0v) is 12.3. The van der Waals surface area contributed by atoms with E-state index in [-0.39, 0.29) is 0 Å². The molecule has 0 amide bonds. The van der Waals surface area contributed by atoms with Crippen LogP contribution in [0.5, 0.6) is 0 Å². The van der Waals surface area contributed by atoms with E-state index in [1.807, 2.05) is 0 Å². The number of rotatable bonds is 4. The van der Waals surface area contributed by atoms with Gasteiger partial charge in [0.15, 0.2) is 0 Å². The molecule has 90 valence electrons. The van der Waals surface area contributed by atoms with Gasteiger partial charge in [-0.05, 0) is 41.3 Å². The van der Waals surface area contributed by atoms with E-state index >= 15 is 0 Å². The van der Waals surface area contributed by atoms with Crippen LogP contribution in [0.15, 0.2) is 10.5 Å². The molecule has 1 N–H and O–H groups in total. The Bertz CT molecular complexity index is 332. The highest BCUT2D eigenvalue weighted by atomic mass is 79.9. The molecule has 0 spiro atoms. The summed E-state index contributed by atoms with van der Waals surface area (Å²) in [6, 6.07) is 2.58. The molecule has 5 heteroatoms. The van der Waals surface area contributed by atoms with Crippen molar-refractivity contribution in [1.29, 1.82) is 0 Å². The first-order valence-electron chi connectivity index (χ1n) is 5.41. The predicted molar refractivity (Wildman–Crippen MR) is 72.3 cm³/mol.